The quantitative estimate of drug-likeness (QED) is 0.415. The van der Waals surface area contributed by atoms with Crippen molar-refractivity contribution in [1.29, 1.82) is 0 Å². The van der Waals surface area contributed by atoms with Gasteiger partial charge >= 0.3 is 5.97 Å². The van der Waals surface area contributed by atoms with Crippen LogP contribution in [0.1, 0.15) is 35.7 Å². The van der Waals surface area contributed by atoms with E-state index in [2.05, 4.69) is 10.1 Å². The predicted octanol–water partition coefficient (Wildman–Crippen LogP) is 4.57. The molecule has 0 saturated carbocycles. The third-order valence-corrected chi connectivity index (χ3v) is 5.24. The highest BCUT2D eigenvalue weighted by atomic mass is 32.1. The zero-order chi connectivity index (χ0) is 20.4. The number of hydrogen-bond donors (Lipinski definition) is 0. The van der Waals surface area contributed by atoms with Crippen molar-refractivity contribution in [3.63, 3.8) is 0 Å². The van der Waals surface area contributed by atoms with Crippen LogP contribution in [-0.2, 0) is 29.7 Å². The molecule has 0 amide bonds. The van der Waals surface area contributed by atoms with E-state index in [0.29, 0.717) is 16.8 Å². The zero-order valence-corrected chi connectivity index (χ0v) is 17.2. The maximum Gasteiger partial charge on any atom is 0.375 e. The van der Waals surface area contributed by atoms with Crippen molar-refractivity contribution in [3.8, 4) is 10.6 Å². The van der Waals surface area contributed by atoms with Gasteiger partial charge in [-0.25, -0.2) is 9.78 Å². The molecule has 8 heteroatoms. The van der Waals surface area contributed by atoms with Crippen LogP contribution in [0.4, 0.5) is 0 Å². The number of hydrogen-bond acceptors (Lipinski definition) is 7. The van der Waals surface area contributed by atoms with Crippen LogP contribution in [-0.4, -0.2) is 26.8 Å². The zero-order valence-electron chi connectivity index (χ0n) is 16.4. The van der Waals surface area contributed by atoms with Crippen molar-refractivity contribution in [2.75, 3.05) is 0 Å². The fraction of sp³-hybridized carbons (Fsp3) is 0.286. The number of aromatic nitrogens is 3. The summed E-state index contributed by atoms with van der Waals surface area (Å²) in [5.41, 5.74) is 2.95. The van der Waals surface area contributed by atoms with Gasteiger partial charge in [-0.05, 0) is 19.9 Å². The van der Waals surface area contributed by atoms with Crippen LogP contribution in [0.15, 0.2) is 46.5 Å². The molecule has 0 saturated heterocycles. The average Bonchev–Trinajstić information content (AvgIpc) is 3.42. The van der Waals surface area contributed by atoms with E-state index in [1.807, 2.05) is 56.7 Å². The monoisotopic (exact) mass is 411 g/mol. The number of fused-ring (bicyclic) bond motifs is 1. The molecule has 4 aromatic rings. The second-order valence-corrected chi connectivity index (χ2v) is 7.75. The first kappa shape index (κ1) is 19.4. The van der Waals surface area contributed by atoms with E-state index in [9.17, 15) is 4.79 Å². The Morgan fingerprint density at radius 1 is 1.28 bits per heavy atom. The summed E-state index contributed by atoms with van der Waals surface area (Å²) >= 11 is 1.48. The van der Waals surface area contributed by atoms with Crippen LogP contribution in [0.3, 0.4) is 0 Å². The van der Waals surface area contributed by atoms with Gasteiger partial charge in [0.25, 0.3) is 0 Å². The molecule has 7 nitrogen and oxygen atoms in total. The van der Waals surface area contributed by atoms with E-state index < -0.39 is 5.97 Å². The van der Waals surface area contributed by atoms with Gasteiger partial charge in [0.2, 0.25) is 5.76 Å². The Morgan fingerprint density at radius 3 is 2.86 bits per heavy atom. The van der Waals surface area contributed by atoms with Crippen LogP contribution in [0.25, 0.3) is 21.5 Å². The third kappa shape index (κ3) is 4.23. The van der Waals surface area contributed by atoms with Crippen molar-refractivity contribution in [3.05, 3.63) is 59.1 Å². The second kappa shape index (κ2) is 8.18. The molecule has 0 aliphatic rings. The molecule has 3 heterocycles. The summed E-state index contributed by atoms with van der Waals surface area (Å²) in [6, 6.07) is 7.51. The largest absolute Gasteiger partial charge is 0.453 e. The average molecular weight is 411 g/mol. The Bertz CT molecular complexity index is 1140. The van der Waals surface area contributed by atoms with Gasteiger partial charge in [0.15, 0.2) is 0 Å². The molecule has 0 N–H and O–H groups in total. The Balaban J connectivity index is 1.50. The number of nitrogens with zero attached hydrogens (tertiary/aromatic N) is 3. The molecule has 0 unspecified atom stereocenters. The molecule has 0 radical (unpaired) electrons. The summed E-state index contributed by atoms with van der Waals surface area (Å²) in [6.07, 6.45) is 3.68. The second-order valence-electron chi connectivity index (χ2n) is 6.89. The molecule has 0 fully saturated rings. The van der Waals surface area contributed by atoms with E-state index >= 15 is 0 Å². The number of ether oxygens (including phenoxy) is 2. The molecule has 0 aliphatic carbocycles. The molecule has 0 aliphatic heterocycles. The normalized spacial score (nSPS) is 11.4. The van der Waals surface area contributed by atoms with Gasteiger partial charge < -0.3 is 13.9 Å². The summed E-state index contributed by atoms with van der Waals surface area (Å²) in [7, 11) is 1.85. The number of furan rings is 1. The Morgan fingerprint density at radius 2 is 2.10 bits per heavy atom. The number of aryl methyl sites for hydroxylation is 1. The van der Waals surface area contributed by atoms with Gasteiger partial charge in [0.05, 0.1) is 24.6 Å². The number of esters is 1. The lowest BCUT2D eigenvalue weighted by molar-refractivity contribution is 0.0408. The molecular weight excluding hydrogens is 390 g/mol. The van der Waals surface area contributed by atoms with Crippen molar-refractivity contribution < 1.29 is 18.7 Å². The van der Waals surface area contributed by atoms with Crippen LogP contribution in [0.5, 0.6) is 0 Å². The van der Waals surface area contributed by atoms with Crippen molar-refractivity contribution in [2.24, 2.45) is 7.05 Å². The first-order chi connectivity index (χ1) is 14.0. The molecule has 150 valence electrons. The number of thiazole rings is 1. The van der Waals surface area contributed by atoms with E-state index in [1.165, 1.54) is 11.3 Å². The van der Waals surface area contributed by atoms with E-state index in [-0.39, 0.29) is 25.1 Å². The maximum atomic E-state index is 12.7. The highest BCUT2D eigenvalue weighted by molar-refractivity contribution is 7.13. The smallest absolute Gasteiger partial charge is 0.375 e. The molecule has 4 rings (SSSR count). The van der Waals surface area contributed by atoms with Crippen molar-refractivity contribution >= 4 is 28.3 Å². The topological polar surface area (TPSA) is 79.4 Å². The first-order valence-corrected chi connectivity index (χ1v) is 10.1. The lowest BCUT2D eigenvalue weighted by Gasteiger charge is -2.08. The summed E-state index contributed by atoms with van der Waals surface area (Å²) in [5, 5.41) is 7.71. The van der Waals surface area contributed by atoms with Gasteiger partial charge in [0.1, 0.15) is 17.2 Å². The van der Waals surface area contributed by atoms with Gasteiger partial charge in [0, 0.05) is 35.1 Å². The van der Waals surface area contributed by atoms with Gasteiger partial charge in [-0.2, -0.15) is 5.10 Å². The lowest BCUT2D eigenvalue weighted by atomic mass is 10.1. The van der Waals surface area contributed by atoms with Crippen molar-refractivity contribution in [1.82, 2.24) is 14.8 Å². The molecule has 0 spiro atoms. The molecule has 29 heavy (non-hydrogen) atoms. The summed E-state index contributed by atoms with van der Waals surface area (Å²) in [5.74, 6) is -0.353. The number of rotatable bonds is 7. The molecular formula is C21H21N3O4S. The lowest BCUT2D eigenvalue weighted by Crippen LogP contribution is -2.09. The van der Waals surface area contributed by atoms with Gasteiger partial charge in [-0.15, -0.1) is 11.3 Å². The van der Waals surface area contributed by atoms with E-state index in [0.717, 1.165) is 16.0 Å². The fourth-order valence-corrected chi connectivity index (χ4v) is 3.68. The van der Waals surface area contributed by atoms with Crippen LogP contribution in [0, 0.1) is 0 Å². The van der Waals surface area contributed by atoms with E-state index in [4.69, 9.17) is 13.9 Å². The Labute approximate surface area is 171 Å². The third-order valence-electron chi connectivity index (χ3n) is 4.30. The first-order valence-electron chi connectivity index (χ1n) is 9.24. The molecule has 3 aromatic heterocycles. The predicted molar refractivity (Wildman–Crippen MR) is 110 cm³/mol. The standard InChI is InChI=1S/C21H21N3O4S/c1-13(2)26-11-17-16-6-4-5-7-18(16)28-19(17)21(25)27-10-15-12-29-20(23-15)14-8-22-24(3)9-14/h4-9,12-13H,10-11H2,1-3H3. The number of benzene rings is 1. The minimum atomic E-state index is -0.528. The minimum absolute atomic E-state index is 0.0356. The van der Waals surface area contributed by atoms with E-state index in [1.54, 1.807) is 10.9 Å². The number of carbonyl (C=O) groups excluding carboxylic acids is 1. The van der Waals surface area contributed by atoms with Crippen molar-refractivity contribution in [2.45, 2.75) is 33.2 Å². The van der Waals surface area contributed by atoms with Crippen LogP contribution >= 0.6 is 11.3 Å². The van der Waals surface area contributed by atoms with Crippen LogP contribution < -0.4 is 0 Å². The Hall–Kier alpha value is -2.97. The highest BCUT2D eigenvalue weighted by Crippen LogP contribution is 2.28. The molecule has 0 atom stereocenters. The number of carbonyl (C=O) groups is 1. The van der Waals surface area contributed by atoms with Crippen LogP contribution in [0.2, 0.25) is 0 Å². The molecule has 0 bridgehead atoms. The summed E-state index contributed by atoms with van der Waals surface area (Å²) in [6.45, 7) is 4.24. The SMILES string of the molecule is CC(C)OCc1c(C(=O)OCc2csc(-c3cnn(C)c3)n2)oc2ccccc12. The highest BCUT2D eigenvalue weighted by Gasteiger charge is 2.22. The Kier molecular flexibility index (Phi) is 5.46. The number of para-hydroxylation sites is 1. The fourth-order valence-electron chi connectivity index (χ4n) is 2.90. The minimum Gasteiger partial charge on any atom is -0.453 e. The maximum absolute atomic E-state index is 12.7. The summed E-state index contributed by atoms with van der Waals surface area (Å²) < 4.78 is 18.7. The van der Waals surface area contributed by atoms with Gasteiger partial charge in [-0.1, -0.05) is 18.2 Å². The molecule has 1 aromatic carbocycles. The van der Waals surface area contributed by atoms with Gasteiger partial charge in [-0.3, -0.25) is 4.68 Å². The summed E-state index contributed by atoms with van der Waals surface area (Å²) in [4.78, 5) is 17.2.